The van der Waals surface area contributed by atoms with Gasteiger partial charge in [-0.1, -0.05) is 25.5 Å². The Labute approximate surface area is 190 Å². The lowest BCUT2D eigenvalue weighted by Gasteiger charge is -2.28. The molecule has 0 aliphatic heterocycles. The molecule has 1 atom stereocenters. The largest absolute Gasteiger partial charge is 0.354 e. The highest BCUT2D eigenvalue weighted by Crippen LogP contribution is 2.30. The molecule has 174 valence electrons. The van der Waals surface area contributed by atoms with Gasteiger partial charge in [0.05, 0.1) is 4.90 Å². The summed E-state index contributed by atoms with van der Waals surface area (Å²) in [7, 11) is -3.71. The summed E-state index contributed by atoms with van der Waals surface area (Å²) in [6, 6.07) is 5.76. The number of rotatable bonds is 11. The molecule has 0 aromatic heterocycles. The number of amides is 2. The fraction of sp³-hybridized carbons (Fsp3) is 0.636. The smallest absolute Gasteiger partial charge is 0.242 e. The summed E-state index contributed by atoms with van der Waals surface area (Å²) in [5.74, 6) is 1.33. The van der Waals surface area contributed by atoms with Crippen LogP contribution in [0.25, 0.3) is 0 Å². The number of carbonyl (C=O) groups is 2. The predicted molar refractivity (Wildman–Crippen MR) is 125 cm³/mol. The number of hydrogen-bond donors (Lipinski definition) is 3. The number of nitrogens with one attached hydrogen (secondary N) is 2. The molecule has 0 bridgehead atoms. The van der Waals surface area contributed by atoms with Crippen molar-refractivity contribution >= 4 is 33.6 Å². The van der Waals surface area contributed by atoms with Crippen LogP contribution >= 0.6 is 11.8 Å². The Morgan fingerprint density at radius 3 is 2.35 bits per heavy atom. The van der Waals surface area contributed by atoms with E-state index in [1.54, 1.807) is 23.9 Å². The van der Waals surface area contributed by atoms with Gasteiger partial charge in [0.25, 0.3) is 0 Å². The fourth-order valence-corrected chi connectivity index (χ4v) is 4.91. The van der Waals surface area contributed by atoms with Gasteiger partial charge in [0.15, 0.2) is 0 Å². The number of carbonyl (C=O) groups excluding carboxylic acids is 2. The van der Waals surface area contributed by atoms with Gasteiger partial charge in [-0.25, -0.2) is 13.6 Å². The third kappa shape index (κ3) is 8.46. The van der Waals surface area contributed by atoms with E-state index in [0.29, 0.717) is 19.4 Å². The van der Waals surface area contributed by atoms with Crippen molar-refractivity contribution in [3.05, 3.63) is 29.8 Å². The van der Waals surface area contributed by atoms with E-state index in [1.165, 1.54) is 12.1 Å². The van der Waals surface area contributed by atoms with Gasteiger partial charge in [-0.3, -0.25) is 9.59 Å². The van der Waals surface area contributed by atoms with E-state index in [1.807, 2.05) is 6.26 Å². The summed E-state index contributed by atoms with van der Waals surface area (Å²) in [5, 5.41) is 11.0. The quantitative estimate of drug-likeness (QED) is 0.460. The molecule has 1 aromatic carbocycles. The molecule has 4 N–H and O–H groups in total. The monoisotopic (exact) mass is 469 g/mol. The summed E-state index contributed by atoms with van der Waals surface area (Å²) < 4.78 is 22.7. The molecule has 0 radical (unpaired) electrons. The van der Waals surface area contributed by atoms with Gasteiger partial charge in [0.1, 0.15) is 6.04 Å². The highest BCUT2D eigenvalue weighted by atomic mass is 32.2. The maximum atomic E-state index is 12.7. The van der Waals surface area contributed by atoms with Crippen molar-refractivity contribution in [2.75, 3.05) is 18.6 Å². The molecule has 1 aromatic rings. The van der Waals surface area contributed by atoms with Crippen LogP contribution < -0.4 is 15.8 Å². The second kappa shape index (κ2) is 12.5. The summed E-state index contributed by atoms with van der Waals surface area (Å²) in [6.45, 7) is 2.60. The van der Waals surface area contributed by atoms with Gasteiger partial charge in [-0.05, 0) is 74.1 Å². The van der Waals surface area contributed by atoms with Crippen LogP contribution in [0.2, 0.25) is 0 Å². The molecule has 31 heavy (non-hydrogen) atoms. The number of hydrogen-bond acceptors (Lipinski definition) is 5. The lowest BCUT2D eigenvalue weighted by Crippen LogP contribution is -2.49. The summed E-state index contributed by atoms with van der Waals surface area (Å²) in [4.78, 5) is 25.5. The van der Waals surface area contributed by atoms with E-state index in [-0.39, 0.29) is 22.6 Å². The van der Waals surface area contributed by atoms with Crippen molar-refractivity contribution in [3.8, 4) is 0 Å². The van der Waals surface area contributed by atoms with Crippen LogP contribution in [0.15, 0.2) is 29.2 Å². The maximum Gasteiger partial charge on any atom is 0.242 e. The minimum atomic E-state index is -3.71. The van der Waals surface area contributed by atoms with E-state index in [9.17, 15) is 18.0 Å². The van der Waals surface area contributed by atoms with Crippen LogP contribution in [-0.4, -0.2) is 44.8 Å². The number of benzene rings is 1. The normalized spacial score (nSPS) is 20.1. The summed E-state index contributed by atoms with van der Waals surface area (Å²) in [5.41, 5.74) is 0.894. The second-order valence-electron chi connectivity index (χ2n) is 8.20. The Balaban J connectivity index is 1.85. The van der Waals surface area contributed by atoms with Crippen LogP contribution in [0.5, 0.6) is 0 Å². The first-order valence-electron chi connectivity index (χ1n) is 10.9. The molecule has 9 heteroatoms. The molecule has 0 heterocycles. The van der Waals surface area contributed by atoms with Crippen molar-refractivity contribution in [1.29, 1.82) is 0 Å². The minimum Gasteiger partial charge on any atom is -0.354 e. The van der Waals surface area contributed by atoms with E-state index < -0.39 is 16.1 Å². The zero-order valence-corrected chi connectivity index (χ0v) is 20.1. The molecule has 0 saturated heterocycles. The Morgan fingerprint density at radius 2 is 1.81 bits per heavy atom. The molecule has 1 saturated carbocycles. The number of thioether (sulfide) groups is 1. The SMILES string of the molecule is CCC1CCC(C(=O)N[C@@H](CCSC)C(=O)NCCc2ccc(S(N)(=O)=O)cc2)CC1. The molecule has 0 spiro atoms. The number of primary sulfonamides is 1. The van der Waals surface area contributed by atoms with Crippen molar-refractivity contribution < 1.29 is 18.0 Å². The van der Waals surface area contributed by atoms with Crippen molar-refractivity contribution in [2.45, 2.75) is 62.8 Å². The maximum absolute atomic E-state index is 12.7. The Morgan fingerprint density at radius 1 is 1.16 bits per heavy atom. The van der Waals surface area contributed by atoms with E-state index in [4.69, 9.17) is 5.14 Å². The van der Waals surface area contributed by atoms with Crippen LogP contribution in [0.1, 0.15) is 51.0 Å². The molecule has 1 aliphatic carbocycles. The van der Waals surface area contributed by atoms with Gasteiger partial charge < -0.3 is 10.6 Å². The van der Waals surface area contributed by atoms with Gasteiger partial charge >= 0.3 is 0 Å². The Hall–Kier alpha value is -1.58. The van der Waals surface area contributed by atoms with Gasteiger partial charge in [0.2, 0.25) is 21.8 Å². The van der Waals surface area contributed by atoms with E-state index >= 15 is 0 Å². The van der Waals surface area contributed by atoms with Gasteiger partial charge in [-0.15, -0.1) is 0 Å². The minimum absolute atomic E-state index is 0.00437. The summed E-state index contributed by atoms with van der Waals surface area (Å²) in [6.07, 6.45) is 8.26. The van der Waals surface area contributed by atoms with E-state index in [0.717, 1.165) is 49.3 Å². The molecule has 2 rings (SSSR count). The standard InChI is InChI=1S/C22H35N3O4S2/c1-3-16-4-8-18(9-5-16)21(26)25-20(13-15-30-2)22(27)24-14-12-17-6-10-19(11-7-17)31(23,28)29/h6-7,10-11,16,18,20H,3-5,8-9,12-15H2,1-2H3,(H,24,27)(H,25,26)(H2,23,28,29)/t16?,18?,20-/m0/s1. The van der Waals surface area contributed by atoms with Crippen LogP contribution in [-0.2, 0) is 26.0 Å². The third-order valence-electron chi connectivity index (χ3n) is 6.00. The average Bonchev–Trinajstić information content (AvgIpc) is 2.76. The zero-order chi connectivity index (χ0) is 22.9. The first-order valence-corrected chi connectivity index (χ1v) is 13.9. The molecule has 1 fully saturated rings. The van der Waals surface area contributed by atoms with E-state index in [2.05, 4.69) is 17.6 Å². The van der Waals surface area contributed by atoms with Crippen molar-refractivity contribution in [3.63, 3.8) is 0 Å². The lowest BCUT2D eigenvalue weighted by molar-refractivity contribution is -0.132. The highest BCUT2D eigenvalue weighted by Gasteiger charge is 2.28. The number of nitrogens with two attached hydrogens (primary N) is 1. The average molecular weight is 470 g/mol. The van der Waals surface area contributed by atoms with Gasteiger partial charge in [0, 0.05) is 12.5 Å². The van der Waals surface area contributed by atoms with Crippen LogP contribution in [0.4, 0.5) is 0 Å². The number of sulfonamides is 1. The third-order valence-corrected chi connectivity index (χ3v) is 7.58. The fourth-order valence-electron chi connectivity index (χ4n) is 3.93. The van der Waals surface area contributed by atoms with Crippen LogP contribution in [0, 0.1) is 11.8 Å². The zero-order valence-electron chi connectivity index (χ0n) is 18.4. The molecular weight excluding hydrogens is 434 g/mol. The van der Waals surface area contributed by atoms with Crippen molar-refractivity contribution in [1.82, 2.24) is 10.6 Å². The Bertz CT molecular complexity index is 820. The molecular formula is C22H35N3O4S2. The first kappa shape index (κ1) is 25.7. The molecule has 0 unspecified atom stereocenters. The lowest BCUT2D eigenvalue weighted by atomic mass is 9.80. The molecule has 1 aliphatic rings. The highest BCUT2D eigenvalue weighted by molar-refractivity contribution is 7.98. The Kier molecular flexibility index (Phi) is 10.3. The molecule has 2 amide bonds. The molecule has 7 nitrogen and oxygen atoms in total. The second-order valence-corrected chi connectivity index (χ2v) is 10.7. The van der Waals surface area contributed by atoms with Gasteiger partial charge in [-0.2, -0.15) is 11.8 Å². The van der Waals surface area contributed by atoms with Crippen LogP contribution in [0.3, 0.4) is 0 Å². The predicted octanol–water partition coefficient (Wildman–Crippen LogP) is 2.45. The topological polar surface area (TPSA) is 118 Å². The van der Waals surface area contributed by atoms with Crippen molar-refractivity contribution in [2.24, 2.45) is 17.0 Å². The summed E-state index contributed by atoms with van der Waals surface area (Å²) >= 11 is 1.65. The first-order chi connectivity index (χ1) is 14.7.